The molecule has 0 saturated carbocycles. The molecule has 0 rings (SSSR count). The van der Waals surface area contributed by atoms with E-state index in [2.05, 4.69) is 23.7 Å². The first-order valence-electron chi connectivity index (χ1n) is 5.99. The van der Waals surface area contributed by atoms with E-state index in [-0.39, 0.29) is 18.5 Å². The lowest BCUT2D eigenvalue weighted by atomic mass is 10.2. The lowest BCUT2D eigenvalue weighted by Crippen LogP contribution is -2.43. The Kier molecular flexibility index (Phi) is 8.66. The van der Waals surface area contributed by atoms with Crippen molar-refractivity contribution in [3.63, 3.8) is 0 Å². The smallest absolute Gasteiger partial charge is 0.304 e. The Bertz CT molecular complexity index is 232. The van der Waals surface area contributed by atoms with Crippen molar-refractivity contribution >= 4 is 5.97 Å². The van der Waals surface area contributed by atoms with Gasteiger partial charge in [0.25, 0.3) is 0 Å². The molecule has 2 atom stereocenters. The van der Waals surface area contributed by atoms with Gasteiger partial charge in [-0.3, -0.25) is 9.69 Å². The largest absolute Gasteiger partial charge is 0.481 e. The van der Waals surface area contributed by atoms with Crippen molar-refractivity contribution in [1.82, 2.24) is 10.2 Å². The molecule has 0 bridgehead atoms. The molecule has 100 valence electrons. The van der Waals surface area contributed by atoms with E-state index in [1.807, 2.05) is 6.92 Å². The van der Waals surface area contributed by atoms with Gasteiger partial charge in [0.05, 0.1) is 6.42 Å². The summed E-state index contributed by atoms with van der Waals surface area (Å²) in [5.74, 6) is -0.768. The van der Waals surface area contributed by atoms with Crippen molar-refractivity contribution < 1.29 is 9.90 Å². The Morgan fingerprint density at radius 3 is 2.71 bits per heavy atom. The molecule has 0 aromatic heterocycles. The second kappa shape index (κ2) is 9.15. The Morgan fingerprint density at radius 1 is 1.59 bits per heavy atom. The van der Waals surface area contributed by atoms with Gasteiger partial charge in [-0.1, -0.05) is 6.08 Å². The van der Waals surface area contributed by atoms with Crippen LogP contribution in [-0.4, -0.2) is 54.2 Å². The SMILES string of the molecule is C=CCN(CCC(=O)O)CC(C)NCC(C)N. The minimum absolute atomic E-state index is 0.129. The molecule has 0 aliphatic heterocycles. The summed E-state index contributed by atoms with van der Waals surface area (Å²) in [5.41, 5.74) is 5.66. The van der Waals surface area contributed by atoms with E-state index in [9.17, 15) is 4.79 Å². The third-order valence-corrected chi connectivity index (χ3v) is 2.35. The topological polar surface area (TPSA) is 78.6 Å². The highest BCUT2D eigenvalue weighted by molar-refractivity contribution is 5.66. The molecule has 0 aromatic carbocycles. The average Bonchev–Trinajstić information content (AvgIpc) is 2.23. The number of rotatable bonds is 10. The maximum atomic E-state index is 10.5. The van der Waals surface area contributed by atoms with Gasteiger partial charge in [-0.05, 0) is 13.8 Å². The Balaban J connectivity index is 3.95. The van der Waals surface area contributed by atoms with Gasteiger partial charge in [-0.15, -0.1) is 6.58 Å². The molecule has 4 N–H and O–H groups in total. The van der Waals surface area contributed by atoms with E-state index >= 15 is 0 Å². The zero-order chi connectivity index (χ0) is 13.3. The molecule has 17 heavy (non-hydrogen) atoms. The third-order valence-electron chi connectivity index (χ3n) is 2.35. The predicted octanol–water partition coefficient (Wildman–Crippen LogP) is 0.274. The maximum Gasteiger partial charge on any atom is 0.304 e. The minimum Gasteiger partial charge on any atom is -0.481 e. The second-order valence-corrected chi connectivity index (χ2v) is 4.48. The molecule has 2 unspecified atom stereocenters. The van der Waals surface area contributed by atoms with Gasteiger partial charge < -0.3 is 16.2 Å². The van der Waals surface area contributed by atoms with E-state index in [0.717, 1.165) is 13.1 Å². The first-order valence-corrected chi connectivity index (χ1v) is 5.99. The van der Waals surface area contributed by atoms with Crippen LogP contribution in [0.25, 0.3) is 0 Å². The summed E-state index contributed by atoms with van der Waals surface area (Å²) in [6, 6.07) is 0.416. The summed E-state index contributed by atoms with van der Waals surface area (Å²) in [4.78, 5) is 12.6. The Labute approximate surface area is 104 Å². The maximum absolute atomic E-state index is 10.5. The van der Waals surface area contributed by atoms with Gasteiger partial charge in [0, 0.05) is 38.3 Å². The fourth-order valence-electron chi connectivity index (χ4n) is 1.53. The number of nitrogens with two attached hydrogens (primary N) is 1. The molecule has 0 aliphatic rings. The number of nitrogens with zero attached hydrogens (tertiary/aromatic N) is 1. The number of hydrogen-bond donors (Lipinski definition) is 3. The van der Waals surface area contributed by atoms with Gasteiger partial charge in [-0.25, -0.2) is 0 Å². The molecule has 0 heterocycles. The molecule has 0 fully saturated rings. The molecular formula is C12H25N3O2. The first-order chi connectivity index (χ1) is 7.95. The zero-order valence-electron chi connectivity index (χ0n) is 10.9. The number of carboxylic acid groups (broad SMARTS) is 1. The van der Waals surface area contributed by atoms with Crippen molar-refractivity contribution in [2.75, 3.05) is 26.2 Å². The third kappa shape index (κ3) is 9.99. The molecule has 5 nitrogen and oxygen atoms in total. The lowest BCUT2D eigenvalue weighted by molar-refractivity contribution is -0.137. The van der Waals surface area contributed by atoms with Crippen LogP contribution in [0.5, 0.6) is 0 Å². The highest BCUT2D eigenvalue weighted by Crippen LogP contribution is 1.96. The summed E-state index contributed by atoms with van der Waals surface area (Å²) in [7, 11) is 0. The van der Waals surface area contributed by atoms with Crippen LogP contribution in [0.1, 0.15) is 20.3 Å². The van der Waals surface area contributed by atoms with Crippen LogP contribution < -0.4 is 11.1 Å². The van der Waals surface area contributed by atoms with Crippen LogP contribution in [0.2, 0.25) is 0 Å². The zero-order valence-corrected chi connectivity index (χ0v) is 10.9. The minimum atomic E-state index is -0.768. The van der Waals surface area contributed by atoms with Crippen LogP contribution in [-0.2, 0) is 4.79 Å². The van der Waals surface area contributed by atoms with Crippen LogP contribution in [0.15, 0.2) is 12.7 Å². The molecule has 0 aliphatic carbocycles. The fourth-order valence-corrected chi connectivity index (χ4v) is 1.53. The van der Waals surface area contributed by atoms with E-state index < -0.39 is 5.97 Å². The van der Waals surface area contributed by atoms with Crippen molar-refractivity contribution in [3.05, 3.63) is 12.7 Å². The summed E-state index contributed by atoms with van der Waals surface area (Å²) < 4.78 is 0. The fraction of sp³-hybridized carbons (Fsp3) is 0.750. The molecule has 0 spiro atoms. The van der Waals surface area contributed by atoms with E-state index in [1.165, 1.54) is 0 Å². The number of aliphatic carboxylic acids is 1. The number of carboxylic acids is 1. The monoisotopic (exact) mass is 243 g/mol. The van der Waals surface area contributed by atoms with Crippen molar-refractivity contribution in [2.24, 2.45) is 5.73 Å². The van der Waals surface area contributed by atoms with Crippen molar-refractivity contribution in [1.29, 1.82) is 0 Å². The molecular weight excluding hydrogens is 218 g/mol. The number of hydrogen-bond acceptors (Lipinski definition) is 4. The van der Waals surface area contributed by atoms with Gasteiger partial charge >= 0.3 is 5.97 Å². The normalized spacial score (nSPS) is 14.6. The predicted molar refractivity (Wildman–Crippen MR) is 70.0 cm³/mol. The van der Waals surface area contributed by atoms with Gasteiger partial charge in [0.15, 0.2) is 0 Å². The van der Waals surface area contributed by atoms with E-state index in [1.54, 1.807) is 6.08 Å². The van der Waals surface area contributed by atoms with Crippen molar-refractivity contribution in [3.8, 4) is 0 Å². The van der Waals surface area contributed by atoms with Gasteiger partial charge in [0.1, 0.15) is 0 Å². The van der Waals surface area contributed by atoms with Crippen LogP contribution >= 0.6 is 0 Å². The van der Waals surface area contributed by atoms with Crippen LogP contribution in [0, 0.1) is 0 Å². The second-order valence-electron chi connectivity index (χ2n) is 4.48. The Morgan fingerprint density at radius 2 is 2.24 bits per heavy atom. The standard InChI is InChI=1S/C12H25N3O2/c1-4-6-15(7-5-12(16)17)9-11(3)14-8-10(2)13/h4,10-11,14H,1,5-9,13H2,2-3H3,(H,16,17). The van der Waals surface area contributed by atoms with E-state index in [0.29, 0.717) is 13.1 Å². The molecule has 0 aromatic rings. The highest BCUT2D eigenvalue weighted by atomic mass is 16.4. The van der Waals surface area contributed by atoms with E-state index in [4.69, 9.17) is 10.8 Å². The quantitative estimate of drug-likeness (QED) is 0.480. The summed E-state index contributed by atoms with van der Waals surface area (Å²) in [6.45, 7) is 10.5. The van der Waals surface area contributed by atoms with Gasteiger partial charge in [0.2, 0.25) is 0 Å². The van der Waals surface area contributed by atoms with Crippen molar-refractivity contribution in [2.45, 2.75) is 32.4 Å². The highest BCUT2D eigenvalue weighted by Gasteiger charge is 2.10. The van der Waals surface area contributed by atoms with Crippen LogP contribution in [0.3, 0.4) is 0 Å². The Hall–Kier alpha value is -0.910. The average molecular weight is 243 g/mol. The van der Waals surface area contributed by atoms with Crippen LogP contribution in [0.4, 0.5) is 0 Å². The number of carbonyl (C=O) groups is 1. The van der Waals surface area contributed by atoms with Gasteiger partial charge in [-0.2, -0.15) is 0 Å². The molecule has 0 amide bonds. The summed E-state index contributed by atoms with van der Waals surface area (Å²) in [6.07, 6.45) is 1.95. The first kappa shape index (κ1) is 16.1. The summed E-state index contributed by atoms with van der Waals surface area (Å²) in [5, 5.41) is 12.0. The lowest BCUT2D eigenvalue weighted by Gasteiger charge is -2.25. The number of nitrogens with one attached hydrogen (secondary N) is 1. The molecule has 0 saturated heterocycles. The summed E-state index contributed by atoms with van der Waals surface area (Å²) >= 11 is 0. The molecule has 5 heteroatoms. The molecule has 0 radical (unpaired) electrons.